The summed E-state index contributed by atoms with van der Waals surface area (Å²) in [6.07, 6.45) is 0.817. The number of esters is 1. The molecule has 0 aromatic heterocycles. The highest BCUT2D eigenvalue weighted by Gasteiger charge is 2.72. The predicted octanol–water partition coefficient (Wildman–Crippen LogP) is 3.51. The molecule has 0 saturated heterocycles. The van der Waals surface area contributed by atoms with Gasteiger partial charge in [-0.2, -0.15) is 0 Å². The molecule has 0 amide bonds. The Morgan fingerprint density at radius 1 is 1.05 bits per heavy atom. The van der Waals surface area contributed by atoms with Crippen LogP contribution in [0.4, 0.5) is 0 Å². The van der Waals surface area contributed by atoms with E-state index in [9.17, 15) is 4.79 Å². The van der Waals surface area contributed by atoms with E-state index in [1.165, 1.54) is 29.2 Å². The third kappa shape index (κ3) is 1.26. The summed E-state index contributed by atoms with van der Waals surface area (Å²) in [5.74, 6) is 1.33. The van der Waals surface area contributed by atoms with E-state index >= 15 is 0 Å². The van der Waals surface area contributed by atoms with E-state index in [1.807, 2.05) is 0 Å². The van der Waals surface area contributed by atoms with Gasteiger partial charge in [-0.05, 0) is 34.1 Å². The molecule has 104 valence electrons. The summed E-state index contributed by atoms with van der Waals surface area (Å²) in [4.78, 5) is 11.8. The van der Waals surface area contributed by atoms with Crippen molar-refractivity contribution in [1.29, 1.82) is 0 Å². The molecule has 0 heterocycles. The topological polar surface area (TPSA) is 26.3 Å². The summed E-state index contributed by atoms with van der Waals surface area (Å²) < 4.78 is 5.97. The molecule has 1 saturated carbocycles. The monoisotopic (exact) mass is 276 g/mol. The van der Waals surface area contributed by atoms with Crippen molar-refractivity contribution in [2.45, 2.75) is 30.8 Å². The van der Waals surface area contributed by atoms with Gasteiger partial charge in [-0.3, -0.25) is 4.79 Å². The first-order chi connectivity index (χ1) is 10.2. The number of carbonyl (C=O) groups excluding carboxylic acids is 1. The Bertz CT molecular complexity index is 779. The van der Waals surface area contributed by atoms with E-state index in [2.05, 4.69) is 48.5 Å². The fourth-order valence-corrected chi connectivity index (χ4v) is 4.95. The second-order valence-corrected chi connectivity index (χ2v) is 6.52. The zero-order valence-corrected chi connectivity index (χ0v) is 11.9. The Labute approximate surface area is 123 Å². The van der Waals surface area contributed by atoms with E-state index in [4.69, 9.17) is 4.74 Å². The van der Waals surface area contributed by atoms with Crippen LogP contribution >= 0.6 is 0 Å². The highest BCUT2D eigenvalue weighted by molar-refractivity contribution is 5.69. The van der Waals surface area contributed by atoms with Crippen molar-refractivity contribution in [3.05, 3.63) is 70.8 Å². The molecule has 1 fully saturated rings. The lowest BCUT2D eigenvalue weighted by Crippen LogP contribution is -2.38. The molecule has 0 spiro atoms. The maximum Gasteiger partial charge on any atom is 0.303 e. The van der Waals surface area contributed by atoms with Crippen molar-refractivity contribution >= 4 is 5.97 Å². The molecular weight excluding hydrogens is 260 g/mol. The van der Waals surface area contributed by atoms with Gasteiger partial charge in [0.25, 0.3) is 0 Å². The Balaban J connectivity index is 1.76. The quantitative estimate of drug-likeness (QED) is 0.745. The highest BCUT2D eigenvalue weighted by Crippen LogP contribution is 2.76. The molecule has 3 aliphatic carbocycles. The van der Waals surface area contributed by atoms with Crippen LogP contribution in [0, 0.1) is 5.92 Å². The van der Waals surface area contributed by atoms with Crippen LogP contribution in [-0.2, 0) is 21.6 Å². The van der Waals surface area contributed by atoms with Crippen LogP contribution in [0.15, 0.2) is 48.5 Å². The summed E-state index contributed by atoms with van der Waals surface area (Å²) >= 11 is 0. The lowest BCUT2D eigenvalue weighted by molar-refractivity contribution is -0.161. The van der Waals surface area contributed by atoms with Crippen LogP contribution in [0.5, 0.6) is 0 Å². The summed E-state index contributed by atoms with van der Waals surface area (Å²) in [5, 5.41) is 0. The third-order valence-corrected chi connectivity index (χ3v) is 5.53. The molecule has 2 heteroatoms. The van der Waals surface area contributed by atoms with Gasteiger partial charge in [-0.25, -0.2) is 0 Å². The van der Waals surface area contributed by atoms with E-state index in [1.54, 1.807) is 0 Å². The summed E-state index contributed by atoms with van der Waals surface area (Å²) in [6, 6.07) is 17.2. The SMILES string of the molecule is CC(=O)O[C@]12Cc3ccccc3[C@H]3[C@@H](c4ccccc41)[C@@H]32. The van der Waals surface area contributed by atoms with Crippen LogP contribution in [0.3, 0.4) is 0 Å². The van der Waals surface area contributed by atoms with Crippen LogP contribution in [0.2, 0.25) is 0 Å². The first-order valence-corrected chi connectivity index (χ1v) is 7.59. The summed E-state index contributed by atoms with van der Waals surface area (Å²) in [5.41, 5.74) is 5.01. The van der Waals surface area contributed by atoms with Crippen molar-refractivity contribution in [2.24, 2.45) is 5.92 Å². The van der Waals surface area contributed by atoms with Crippen molar-refractivity contribution in [3.8, 4) is 0 Å². The van der Waals surface area contributed by atoms with Crippen LogP contribution in [-0.4, -0.2) is 5.97 Å². The second kappa shape index (κ2) is 3.56. The second-order valence-electron chi connectivity index (χ2n) is 6.52. The van der Waals surface area contributed by atoms with Crippen molar-refractivity contribution in [2.75, 3.05) is 0 Å². The minimum Gasteiger partial charge on any atom is -0.454 e. The van der Waals surface area contributed by atoms with Crippen molar-refractivity contribution in [1.82, 2.24) is 0 Å². The highest BCUT2D eigenvalue weighted by atomic mass is 16.6. The minimum atomic E-state index is -0.424. The number of carbonyl (C=O) groups is 1. The fourth-order valence-electron chi connectivity index (χ4n) is 4.95. The number of ether oxygens (including phenoxy) is 1. The molecule has 0 bridgehead atoms. The summed E-state index contributed by atoms with van der Waals surface area (Å²) in [7, 11) is 0. The van der Waals surface area contributed by atoms with Gasteiger partial charge in [0, 0.05) is 19.3 Å². The average molecular weight is 276 g/mol. The molecule has 2 aromatic rings. The Kier molecular flexibility index (Phi) is 1.96. The normalized spacial score (nSPS) is 33.7. The number of hydrogen-bond donors (Lipinski definition) is 0. The van der Waals surface area contributed by atoms with Gasteiger partial charge in [-0.15, -0.1) is 0 Å². The number of rotatable bonds is 1. The van der Waals surface area contributed by atoms with Gasteiger partial charge in [-0.1, -0.05) is 48.5 Å². The lowest BCUT2D eigenvalue weighted by atomic mass is 9.75. The molecule has 3 aliphatic rings. The Morgan fingerprint density at radius 3 is 2.52 bits per heavy atom. The number of hydrogen-bond acceptors (Lipinski definition) is 2. The van der Waals surface area contributed by atoms with Crippen molar-refractivity contribution < 1.29 is 9.53 Å². The molecule has 0 radical (unpaired) electrons. The number of benzene rings is 2. The van der Waals surface area contributed by atoms with Crippen LogP contribution in [0.1, 0.15) is 41.0 Å². The van der Waals surface area contributed by atoms with Gasteiger partial charge >= 0.3 is 5.97 Å². The molecule has 4 atom stereocenters. The van der Waals surface area contributed by atoms with E-state index < -0.39 is 5.60 Å². The van der Waals surface area contributed by atoms with Gasteiger partial charge in [0.2, 0.25) is 0 Å². The minimum absolute atomic E-state index is 0.171. The maximum absolute atomic E-state index is 11.8. The predicted molar refractivity (Wildman–Crippen MR) is 79.0 cm³/mol. The molecule has 21 heavy (non-hydrogen) atoms. The molecule has 5 rings (SSSR count). The zero-order chi connectivity index (χ0) is 14.2. The Morgan fingerprint density at radius 2 is 1.71 bits per heavy atom. The van der Waals surface area contributed by atoms with Gasteiger partial charge in [0.15, 0.2) is 0 Å². The van der Waals surface area contributed by atoms with Gasteiger partial charge < -0.3 is 4.74 Å². The van der Waals surface area contributed by atoms with Gasteiger partial charge in [0.05, 0.1) is 0 Å². The summed E-state index contributed by atoms with van der Waals surface area (Å²) in [6.45, 7) is 1.53. The average Bonchev–Trinajstić information content (AvgIpc) is 3.17. The van der Waals surface area contributed by atoms with E-state index in [0.29, 0.717) is 17.8 Å². The molecule has 2 nitrogen and oxygen atoms in total. The largest absolute Gasteiger partial charge is 0.454 e. The smallest absolute Gasteiger partial charge is 0.303 e. The molecular formula is C19H16O2. The van der Waals surface area contributed by atoms with E-state index in [-0.39, 0.29) is 5.97 Å². The van der Waals surface area contributed by atoms with Crippen molar-refractivity contribution in [3.63, 3.8) is 0 Å². The molecule has 0 aliphatic heterocycles. The standard InChI is InChI=1S/C19H16O2/c1-11(20)21-19-10-12-6-2-3-7-13(12)16-17(18(16)19)14-8-4-5-9-15(14)19/h2-9,16-18H,10H2,1H3/t16-,17+,18+,19+/m0/s1. The lowest BCUT2D eigenvalue weighted by Gasteiger charge is -2.37. The zero-order valence-electron chi connectivity index (χ0n) is 11.9. The first kappa shape index (κ1) is 11.6. The van der Waals surface area contributed by atoms with E-state index in [0.717, 1.165) is 6.42 Å². The van der Waals surface area contributed by atoms with Gasteiger partial charge in [0.1, 0.15) is 5.60 Å². The third-order valence-electron chi connectivity index (χ3n) is 5.53. The fraction of sp³-hybridized carbons (Fsp3) is 0.316. The molecule has 0 N–H and O–H groups in total. The molecule has 2 aromatic carbocycles. The molecule has 0 unspecified atom stereocenters. The Hall–Kier alpha value is -2.09. The number of fused-ring (bicyclic) bond motifs is 6. The maximum atomic E-state index is 11.8. The van der Waals surface area contributed by atoms with Crippen LogP contribution < -0.4 is 0 Å². The first-order valence-electron chi connectivity index (χ1n) is 7.59. The van der Waals surface area contributed by atoms with Crippen LogP contribution in [0.25, 0.3) is 0 Å².